The van der Waals surface area contributed by atoms with Crippen molar-refractivity contribution in [3.8, 4) is 0 Å². The highest BCUT2D eigenvalue weighted by molar-refractivity contribution is 7.10. The summed E-state index contributed by atoms with van der Waals surface area (Å²) in [4.78, 5) is 1.39. The first kappa shape index (κ1) is 13.8. The quantitative estimate of drug-likeness (QED) is 0.816. The molecule has 2 unspecified atom stereocenters. The molecule has 0 saturated carbocycles. The van der Waals surface area contributed by atoms with Gasteiger partial charge in [-0.15, -0.1) is 11.3 Å². The van der Waals surface area contributed by atoms with Crippen LogP contribution in [0.15, 0.2) is 35.7 Å². The van der Waals surface area contributed by atoms with E-state index in [0.29, 0.717) is 12.1 Å². The van der Waals surface area contributed by atoms with Gasteiger partial charge in [-0.05, 0) is 47.9 Å². The number of hydrogen-bond acceptors (Lipinski definition) is 2. The predicted octanol–water partition coefficient (Wildman–Crippen LogP) is 5.01. The minimum absolute atomic E-state index is 0.0463. The molecule has 0 aliphatic heterocycles. The normalized spacial score (nSPS) is 19.0. The summed E-state index contributed by atoms with van der Waals surface area (Å²) in [7, 11) is 0. The number of benzene rings is 1. The van der Waals surface area contributed by atoms with Crippen molar-refractivity contribution < 1.29 is 4.39 Å². The SMILES string of the molecule is CCCC(NC1CCc2c(F)cccc21)c1cccs1. The van der Waals surface area contributed by atoms with Crippen molar-refractivity contribution in [2.75, 3.05) is 0 Å². The fourth-order valence-corrected chi connectivity index (χ4v) is 3.93. The minimum atomic E-state index is -0.0463. The van der Waals surface area contributed by atoms with Gasteiger partial charge in [0.25, 0.3) is 0 Å². The maximum absolute atomic E-state index is 13.8. The van der Waals surface area contributed by atoms with Gasteiger partial charge in [0.05, 0.1) is 0 Å². The van der Waals surface area contributed by atoms with Crippen molar-refractivity contribution in [2.45, 2.75) is 44.7 Å². The molecule has 1 heterocycles. The van der Waals surface area contributed by atoms with Crippen LogP contribution in [0.4, 0.5) is 4.39 Å². The van der Waals surface area contributed by atoms with Crippen LogP contribution in [0.5, 0.6) is 0 Å². The Labute approximate surface area is 123 Å². The van der Waals surface area contributed by atoms with Gasteiger partial charge in [-0.3, -0.25) is 0 Å². The monoisotopic (exact) mass is 289 g/mol. The topological polar surface area (TPSA) is 12.0 Å². The zero-order chi connectivity index (χ0) is 13.9. The molecule has 0 radical (unpaired) electrons. The summed E-state index contributed by atoms with van der Waals surface area (Å²) in [6.45, 7) is 2.21. The first-order valence-corrected chi connectivity index (χ1v) is 8.24. The molecule has 20 heavy (non-hydrogen) atoms. The molecular formula is C17H20FNS. The molecular weight excluding hydrogens is 269 g/mol. The number of fused-ring (bicyclic) bond motifs is 1. The second-order valence-corrected chi connectivity index (χ2v) is 6.40. The van der Waals surface area contributed by atoms with E-state index in [2.05, 4.69) is 35.8 Å². The van der Waals surface area contributed by atoms with Crippen LogP contribution in [0.2, 0.25) is 0 Å². The van der Waals surface area contributed by atoms with E-state index in [4.69, 9.17) is 0 Å². The van der Waals surface area contributed by atoms with E-state index in [9.17, 15) is 4.39 Å². The summed E-state index contributed by atoms with van der Waals surface area (Å²) >= 11 is 1.80. The first-order valence-electron chi connectivity index (χ1n) is 7.36. The van der Waals surface area contributed by atoms with Gasteiger partial charge >= 0.3 is 0 Å². The lowest BCUT2D eigenvalue weighted by Crippen LogP contribution is -2.24. The fourth-order valence-electron chi connectivity index (χ4n) is 3.11. The molecule has 1 N–H and O–H groups in total. The van der Waals surface area contributed by atoms with Crippen molar-refractivity contribution in [3.05, 3.63) is 57.5 Å². The summed E-state index contributed by atoms with van der Waals surface area (Å²) < 4.78 is 13.8. The molecule has 1 aliphatic carbocycles. The average Bonchev–Trinajstić information content (AvgIpc) is 3.09. The maximum Gasteiger partial charge on any atom is 0.126 e. The van der Waals surface area contributed by atoms with E-state index in [-0.39, 0.29) is 5.82 Å². The molecule has 1 nitrogen and oxygen atoms in total. The molecule has 0 spiro atoms. The highest BCUT2D eigenvalue weighted by atomic mass is 32.1. The van der Waals surface area contributed by atoms with Gasteiger partial charge in [0.1, 0.15) is 5.82 Å². The van der Waals surface area contributed by atoms with Gasteiger partial charge in [-0.2, -0.15) is 0 Å². The third-order valence-electron chi connectivity index (χ3n) is 4.08. The van der Waals surface area contributed by atoms with Gasteiger partial charge in [0, 0.05) is 17.0 Å². The molecule has 0 bridgehead atoms. The highest BCUT2D eigenvalue weighted by Gasteiger charge is 2.27. The molecule has 0 fully saturated rings. The Balaban J connectivity index is 1.80. The predicted molar refractivity (Wildman–Crippen MR) is 82.6 cm³/mol. The molecule has 1 aliphatic rings. The number of rotatable bonds is 5. The zero-order valence-corrected chi connectivity index (χ0v) is 12.5. The molecule has 1 aromatic heterocycles. The Morgan fingerprint density at radius 2 is 2.25 bits per heavy atom. The standard InChI is InChI=1S/C17H20FNS/c1-2-5-16(17-8-4-11-20-17)19-15-10-9-12-13(15)6-3-7-14(12)18/h3-4,6-8,11,15-16,19H,2,5,9-10H2,1H3. The van der Waals surface area contributed by atoms with Crippen LogP contribution in [-0.2, 0) is 6.42 Å². The van der Waals surface area contributed by atoms with Crippen LogP contribution < -0.4 is 5.32 Å². The van der Waals surface area contributed by atoms with E-state index in [0.717, 1.165) is 36.8 Å². The zero-order valence-electron chi connectivity index (χ0n) is 11.7. The Kier molecular flexibility index (Phi) is 4.18. The van der Waals surface area contributed by atoms with Gasteiger partial charge in [-0.25, -0.2) is 4.39 Å². The number of thiophene rings is 1. The molecule has 2 aromatic rings. The van der Waals surface area contributed by atoms with Crippen LogP contribution in [-0.4, -0.2) is 0 Å². The van der Waals surface area contributed by atoms with Crippen LogP contribution in [0.3, 0.4) is 0 Å². The lowest BCUT2D eigenvalue weighted by Gasteiger charge is -2.22. The van der Waals surface area contributed by atoms with Gasteiger partial charge in [0.2, 0.25) is 0 Å². The largest absolute Gasteiger partial charge is 0.302 e. The molecule has 0 amide bonds. The lowest BCUT2D eigenvalue weighted by atomic mass is 10.0. The number of hydrogen-bond donors (Lipinski definition) is 1. The van der Waals surface area contributed by atoms with Gasteiger partial charge in [-0.1, -0.05) is 31.5 Å². The van der Waals surface area contributed by atoms with Crippen molar-refractivity contribution >= 4 is 11.3 Å². The lowest BCUT2D eigenvalue weighted by molar-refractivity contribution is 0.424. The molecule has 0 saturated heterocycles. The van der Waals surface area contributed by atoms with E-state index >= 15 is 0 Å². The van der Waals surface area contributed by atoms with Crippen LogP contribution >= 0.6 is 11.3 Å². The van der Waals surface area contributed by atoms with Crippen molar-refractivity contribution in [1.29, 1.82) is 0 Å². The molecule has 106 valence electrons. The first-order chi connectivity index (χ1) is 9.79. The average molecular weight is 289 g/mol. The minimum Gasteiger partial charge on any atom is -0.302 e. The summed E-state index contributed by atoms with van der Waals surface area (Å²) in [5, 5.41) is 5.87. The Morgan fingerprint density at radius 3 is 3.00 bits per heavy atom. The van der Waals surface area contributed by atoms with E-state index in [1.807, 2.05) is 6.07 Å². The Bertz CT molecular complexity index is 564. The second kappa shape index (κ2) is 6.06. The van der Waals surface area contributed by atoms with E-state index < -0.39 is 0 Å². The smallest absolute Gasteiger partial charge is 0.126 e. The van der Waals surface area contributed by atoms with Gasteiger partial charge < -0.3 is 5.32 Å². The Hall–Kier alpha value is -1.19. The summed E-state index contributed by atoms with van der Waals surface area (Å²) in [6, 6.07) is 10.4. The fraction of sp³-hybridized carbons (Fsp3) is 0.412. The molecule has 3 rings (SSSR count). The van der Waals surface area contributed by atoms with Crippen LogP contribution in [0, 0.1) is 5.82 Å². The number of nitrogens with one attached hydrogen (secondary N) is 1. The summed E-state index contributed by atoms with van der Waals surface area (Å²) in [5.74, 6) is -0.0463. The maximum atomic E-state index is 13.8. The third-order valence-corrected chi connectivity index (χ3v) is 5.07. The van der Waals surface area contributed by atoms with Crippen molar-refractivity contribution in [2.24, 2.45) is 0 Å². The van der Waals surface area contributed by atoms with Gasteiger partial charge in [0.15, 0.2) is 0 Å². The van der Waals surface area contributed by atoms with Crippen molar-refractivity contribution in [3.63, 3.8) is 0 Å². The Morgan fingerprint density at radius 1 is 1.35 bits per heavy atom. The highest BCUT2D eigenvalue weighted by Crippen LogP contribution is 2.35. The number of halogens is 1. The van der Waals surface area contributed by atoms with E-state index in [1.54, 1.807) is 17.4 Å². The summed E-state index contributed by atoms with van der Waals surface area (Å²) in [6.07, 6.45) is 4.13. The molecule has 1 aromatic carbocycles. The molecule has 3 heteroatoms. The summed E-state index contributed by atoms with van der Waals surface area (Å²) in [5.41, 5.74) is 2.06. The second-order valence-electron chi connectivity index (χ2n) is 5.42. The van der Waals surface area contributed by atoms with E-state index in [1.165, 1.54) is 4.88 Å². The van der Waals surface area contributed by atoms with Crippen LogP contribution in [0.1, 0.15) is 54.3 Å². The molecule has 2 atom stereocenters. The van der Waals surface area contributed by atoms with Crippen molar-refractivity contribution in [1.82, 2.24) is 5.32 Å². The van der Waals surface area contributed by atoms with Crippen LogP contribution in [0.25, 0.3) is 0 Å². The third kappa shape index (κ3) is 2.65.